The predicted molar refractivity (Wildman–Crippen MR) is 99.2 cm³/mol. The molecule has 1 aliphatic rings. The van der Waals surface area contributed by atoms with Crippen LogP contribution in [0.4, 0.5) is 5.82 Å². The third-order valence-electron chi connectivity index (χ3n) is 3.97. The van der Waals surface area contributed by atoms with Crippen LogP contribution in [0.15, 0.2) is 42.5 Å². The molecule has 0 spiro atoms. The zero-order valence-corrected chi connectivity index (χ0v) is 15.3. The van der Waals surface area contributed by atoms with E-state index in [-0.39, 0.29) is 3.42 Å². The minimum Gasteiger partial charge on any atom is -0.378 e. The monoisotopic (exact) mass is 428 g/mol. The molecule has 1 atom stereocenters. The second-order valence-electron chi connectivity index (χ2n) is 5.51. The van der Waals surface area contributed by atoms with Crippen molar-refractivity contribution in [2.24, 2.45) is 0 Å². The van der Waals surface area contributed by atoms with Crippen LogP contribution in [0.25, 0.3) is 0 Å². The third-order valence-corrected chi connectivity index (χ3v) is 5.41. The highest BCUT2D eigenvalue weighted by Gasteiger charge is 2.27. The van der Waals surface area contributed by atoms with E-state index in [4.69, 9.17) is 16.3 Å². The van der Waals surface area contributed by atoms with Crippen LogP contribution >= 0.6 is 34.2 Å². The Balaban J connectivity index is 1.98. The molecule has 1 saturated heterocycles. The lowest BCUT2D eigenvalue weighted by molar-refractivity contribution is 0.122. The number of benzene rings is 1. The summed E-state index contributed by atoms with van der Waals surface area (Å²) in [5.74, 6) is 0.935. The molecule has 0 radical (unpaired) electrons. The number of aromatic nitrogens is 1. The lowest BCUT2D eigenvalue weighted by Gasteiger charge is -2.30. The van der Waals surface area contributed by atoms with Crippen LogP contribution in [0.3, 0.4) is 0 Å². The molecule has 1 aromatic carbocycles. The summed E-state index contributed by atoms with van der Waals surface area (Å²) in [7, 11) is 0. The molecule has 0 amide bonds. The van der Waals surface area contributed by atoms with Crippen molar-refractivity contribution in [2.45, 2.75) is 10.3 Å². The van der Waals surface area contributed by atoms with Crippen molar-refractivity contribution in [1.29, 1.82) is 0 Å². The number of alkyl halides is 1. The summed E-state index contributed by atoms with van der Waals surface area (Å²) in [6.45, 7) is 5.40. The standard InChI is InChI=1S/C17H18ClIN2O/c1-17(19,13-5-3-2-4-6-13)14-11-15(18)20-16(12-14)21-7-9-22-10-8-21/h2-6,11-12H,7-10H2,1H3. The molecule has 1 aromatic heterocycles. The summed E-state index contributed by atoms with van der Waals surface area (Å²) in [5.41, 5.74) is 2.42. The molecule has 2 aromatic rings. The van der Waals surface area contributed by atoms with Gasteiger partial charge in [-0.25, -0.2) is 4.98 Å². The maximum atomic E-state index is 6.29. The topological polar surface area (TPSA) is 25.4 Å². The van der Waals surface area contributed by atoms with E-state index >= 15 is 0 Å². The van der Waals surface area contributed by atoms with E-state index in [1.165, 1.54) is 11.1 Å². The molecule has 116 valence electrons. The van der Waals surface area contributed by atoms with Gasteiger partial charge in [0, 0.05) is 13.1 Å². The fraction of sp³-hybridized carbons (Fsp3) is 0.353. The van der Waals surface area contributed by atoms with Crippen molar-refractivity contribution in [3.63, 3.8) is 0 Å². The molecule has 5 heteroatoms. The molecule has 3 nitrogen and oxygen atoms in total. The highest BCUT2D eigenvalue weighted by molar-refractivity contribution is 14.1. The van der Waals surface area contributed by atoms with Crippen LogP contribution in [0.5, 0.6) is 0 Å². The third kappa shape index (κ3) is 3.39. The van der Waals surface area contributed by atoms with Gasteiger partial charge in [-0.05, 0) is 30.2 Å². The normalized spacial score (nSPS) is 18.0. The van der Waals surface area contributed by atoms with Crippen molar-refractivity contribution in [1.82, 2.24) is 4.98 Å². The Morgan fingerprint density at radius 3 is 2.50 bits per heavy atom. The Morgan fingerprint density at radius 1 is 1.14 bits per heavy atom. The fourth-order valence-corrected chi connectivity index (χ4v) is 3.50. The second-order valence-corrected chi connectivity index (χ2v) is 8.05. The minimum atomic E-state index is -0.146. The maximum Gasteiger partial charge on any atom is 0.131 e. The van der Waals surface area contributed by atoms with Crippen molar-refractivity contribution in [3.8, 4) is 0 Å². The Labute approximate surface area is 149 Å². The molecule has 22 heavy (non-hydrogen) atoms. The van der Waals surface area contributed by atoms with Gasteiger partial charge >= 0.3 is 0 Å². The molecule has 2 heterocycles. The van der Waals surface area contributed by atoms with E-state index in [0.29, 0.717) is 5.15 Å². The fourth-order valence-electron chi connectivity index (χ4n) is 2.63. The van der Waals surface area contributed by atoms with E-state index in [1.807, 2.05) is 12.1 Å². The van der Waals surface area contributed by atoms with Crippen LogP contribution in [-0.4, -0.2) is 31.3 Å². The van der Waals surface area contributed by atoms with Crippen LogP contribution in [0.2, 0.25) is 5.15 Å². The molecule has 0 bridgehead atoms. The quantitative estimate of drug-likeness (QED) is 0.415. The van der Waals surface area contributed by atoms with Crippen molar-refractivity contribution < 1.29 is 4.74 Å². The van der Waals surface area contributed by atoms with Gasteiger partial charge in [0.2, 0.25) is 0 Å². The largest absolute Gasteiger partial charge is 0.378 e. The summed E-state index contributed by atoms with van der Waals surface area (Å²) in [6.07, 6.45) is 0. The Bertz CT molecular complexity index is 642. The molecule has 1 aliphatic heterocycles. The molecular weight excluding hydrogens is 411 g/mol. The molecule has 0 saturated carbocycles. The lowest BCUT2D eigenvalue weighted by atomic mass is 9.93. The number of morpholine rings is 1. The predicted octanol–water partition coefficient (Wildman–Crippen LogP) is 4.27. The molecule has 1 unspecified atom stereocenters. The van der Waals surface area contributed by atoms with E-state index in [9.17, 15) is 0 Å². The van der Waals surface area contributed by atoms with E-state index in [0.717, 1.165) is 32.1 Å². The zero-order valence-electron chi connectivity index (χ0n) is 12.4. The summed E-state index contributed by atoms with van der Waals surface area (Å²) < 4.78 is 5.27. The Hall–Kier alpha value is -0.850. The number of ether oxygens (including phenoxy) is 1. The average Bonchev–Trinajstić information content (AvgIpc) is 2.56. The van der Waals surface area contributed by atoms with Gasteiger partial charge in [-0.3, -0.25) is 0 Å². The minimum absolute atomic E-state index is 0.146. The number of halogens is 2. The second kappa shape index (κ2) is 6.72. The number of pyridine rings is 1. The number of hydrogen-bond acceptors (Lipinski definition) is 3. The molecule has 0 N–H and O–H groups in total. The van der Waals surface area contributed by atoms with Gasteiger partial charge in [-0.1, -0.05) is 64.5 Å². The lowest BCUT2D eigenvalue weighted by Crippen LogP contribution is -2.37. The average molecular weight is 429 g/mol. The summed E-state index contributed by atoms with van der Waals surface area (Å²) in [5, 5.41) is 0.540. The summed E-state index contributed by atoms with van der Waals surface area (Å²) >= 11 is 8.77. The van der Waals surface area contributed by atoms with Crippen LogP contribution in [-0.2, 0) is 8.16 Å². The summed E-state index contributed by atoms with van der Waals surface area (Å²) in [4.78, 5) is 6.73. The van der Waals surface area contributed by atoms with Crippen molar-refractivity contribution in [2.75, 3.05) is 31.2 Å². The first-order chi connectivity index (χ1) is 10.6. The van der Waals surface area contributed by atoms with Gasteiger partial charge in [0.25, 0.3) is 0 Å². The van der Waals surface area contributed by atoms with Gasteiger partial charge in [0.15, 0.2) is 0 Å². The van der Waals surface area contributed by atoms with Gasteiger partial charge < -0.3 is 9.64 Å². The van der Waals surface area contributed by atoms with Gasteiger partial charge in [0.1, 0.15) is 11.0 Å². The van der Waals surface area contributed by atoms with E-state index < -0.39 is 0 Å². The molecule has 1 fully saturated rings. The van der Waals surface area contributed by atoms with Gasteiger partial charge in [-0.15, -0.1) is 0 Å². The Morgan fingerprint density at radius 2 is 1.82 bits per heavy atom. The first kappa shape index (κ1) is 16.0. The van der Waals surface area contributed by atoms with E-state index in [1.54, 1.807) is 0 Å². The van der Waals surface area contributed by atoms with Crippen LogP contribution in [0.1, 0.15) is 18.1 Å². The number of hydrogen-bond donors (Lipinski definition) is 0. The molecule has 3 rings (SSSR count). The van der Waals surface area contributed by atoms with Crippen LogP contribution in [0, 0.1) is 0 Å². The van der Waals surface area contributed by atoms with Crippen molar-refractivity contribution >= 4 is 40.0 Å². The zero-order chi connectivity index (χ0) is 15.6. The molecule has 0 aliphatic carbocycles. The SMILES string of the molecule is CC(I)(c1ccccc1)c1cc(Cl)nc(N2CCOCC2)c1. The number of nitrogens with zero attached hydrogens (tertiary/aromatic N) is 2. The highest BCUT2D eigenvalue weighted by atomic mass is 127. The summed E-state index contributed by atoms with van der Waals surface area (Å²) in [6, 6.07) is 14.6. The number of rotatable bonds is 3. The van der Waals surface area contributed by atoms with Gasteiger partial charge in [-0.2, -0.15) is 0 Å². The van der Waals surface area contributed by atoms with Crippen molar-refractivity contribution in [3.05, 3.63) is 58.7 Å². The Kier molecular flexibility index (Phi) is 4.90. The van der Waals surface area contributed by atoms with Gasteiger partial charge in [0.05, 0.1) is 16.6 Å². The number of anilines is 1. The van der Waals surface area contributed by atoms with E-state index in [2.05, 4.69) is 69.7 Å². The first-order valence-corrected chi connectivity index (χ1v) is 8.78. The first-order valence-electron chi connectivity index (χ1n) is 7.32. The highest BCUT2D eigenvalue weighted by Crippen LogP contribution is 2.40. The maximum absolute atomic E-state index is 6.29. The van der Waals surface area contributed by atoms with Crippen LogP contribution < -0.4 is 4.90 Å². The smallest absolute Gasteiger partial charge is 0.131 e. The molecular formula is C17H18ClIN2O.